The second-order valence-corrected chi connectivity index (χ2v) is 5.90. The van der Waals surface area contributed by atoms with Crippen LogP contribution in [0.5, 0.6) is 5.75 Å². The second-order valence-electron chi connectivity index (χ2n) is 4.52. The first kappa shape index (κ1) is 14.0. The molecule has 0 radical (unpaired) electrons. The Morgan fingerprint density at radius 1 is 1.05 bits per heavy atom. The van der Waals surface area contributed by atoms with Crippen LogP contribution in [0.2, 0.25) is 0 Å². The highest BCUT2D eigenvalue weighted by molar-refractivity contribution is 8.00. The zero-order valence-electron chi connectivity index (χ0n) is 10.9. The van der Waals surface area contributed by atoms with Crippen LogP contribution >= 0.6 is 11.8 Å². The predicted molar refractivity (Wildman–Crippen MR) is 79.7 cm³/mol. The van der Waals surface area contributed by atoms with E-state index in [9.17, 15) is 10.2 Å². The van der Waals surface area contributed by atoms with Crippen LogP contribution in [0.15, 0.2) is 53.4 Å². The molecule has 2 nitrogen and oxygen atoms in total. The molecule has 0 saturated carbocycles. The van der Waals surface area contributed by atoms with E-state index in [1.807, 2.05) is 55.5 Å². The number of aryl methyl sites for hydroxylation is 1. The lowest BCUT2D eigenvalue weighted by Crippen LogP contribution is -2.12. The van der Waals surface area contributed by atoms with Crippen molar-refractivity contribution in [3.63, 3.8) is 0 Å². The third-order valence-corrected chi connectivity index (χ3v) is 4.21. The Bertz CT molecular complexity index is 526. The molecule has 0 fully saturated rings. The van der Waals surface area contributed by atoms with Crippen molar-refractivity contribution in [2.45, 2.75) is 23.5 Å². The van der Waals surface area contributed by atoms with Gasteiger partial charge in [-0.2, -0.15) is 0 Å². The topological polar surface area (TPSA) is 40.5 Å². The van der Waals surface area contributed by atoms with Crippen LogP contribution in [-0.4, -0.2) is 22.1 Å². The summed E-state index contributed by atoms with van der Waals surface area (Å²) in [7, 11) is 0. The van der Waals surface area contributed by atoms with Gasteiger partial charge in [0.25, 0.3) is 0 Å². The molecule has 2 aromatic carbocycles. The number of thioether (sulfide) groups is 1. The second kappa shape index (κ2) is 6.64. The van der Waals surface area contributed by atoms with Crippen molar-refractivity contribution in [3.05, 3.63) is 59.7 Å². The van der Waals surface area contributed by atoms with Crippen LogP contribution in [0.4, 0.5) is 0 Å². The molecule has 0 amide bonds. The Labute approximate surface area is 118 Å². The van der Waals surface area contributed by atoms with E-state index >= 15 is 0 Å². The van der Waals surface area contributed by atoms with Crippen LogP contribution in [-0.2, 0) is 6.42 Å². The summed E-state index contributed by atoms with van der Waals surface area (Å²) in [6.07, 6.45) is 0.656. The van der Waals surface area contributed by atoms with Crippen molar-refractivity contribution in [3.8, 4) is 5.75 Å². The average Bonchev–Trinajstić information content (AvgIpc) is 2.44. The van der Waals surface area contributed by atoms with E-state index in [1.165, 1.54) is 0 Å². The van der Waals surface area contributed by atoms with Crippen LogP contribution < -0.4 is 0 Å². The molecule has 0 heterocycles. The number of benzene rings is 2. The van der Waals surface area contributed by atoms with Gasteiger partial charge < -0.3 is 10.2 Å². The van der Waals surface area contributed by atoms with Crippen molar-refractivity contribution in [2.75, 3.05) is 6.61 Å². The average molecular weight is 274 g/mol. The molecule has 0 aliphatic carbocycles. The zero-order chi connectivity index (χ0) is 13.7. The van der Waals surface area contributed by atoms with Gasteiger partial charge in [0.05, 0.1) is 6.61 Å². The summed E-state index contributed by atoms with van der Waals surface area (Å²) >= 11 is 1.64. The van der Waals surface area contributed by atoms with Gasteiger partial charge in [0.15, 0.2) is 0 Å². The Kier molecular flexibility index (Phi) is 4.88. The molecule has 3 heteroatoms. The van der Waals surface area contributed by atoms with Crippen LogP contribution in [0.1, 0.15) is 11.1 Å². The zero-order valence-corrected chi connectivity index (χ0v) is 11.7. The largest absolute Gasteiger partial charge is 0.507 e. The standard InChI is InChI=1S/C16H18O2S/c1-12-6-5-7-13(16(12)18)10-15(11-17)19-14-8-3-2-4-9-14/h2-9,15,17-18H,10-11H2,1H3. The van der Waals surface area contributed by atoms with Gasteiger partial charge >= 0.3 is 0 Å². The maximum absolute atomic E-state index is 10.0. The number of rotatable bonds is 5. The van der Waals surface area contributed by atoms with Crippen LogP contribution in [0, 0.1) is 6.92 Å². The predicted octanol–water partition coefficient (Wildman–Crippen LogP) is 3.40. The van der Waals surface area contributed by atoms with E-state index in [4.69, 9.17) is 0 Å². The van der Waals surface area contributed by atoms with E-state index in [1.54, 1.807) is 11.8 Å². The molecule has 0 aliphatic heterocycles. The fraction of sp³-hybridized carbons (Fsp3) is 0.250. The molecule has 1 unspecified atom stereocenters. The Hall–Kier alpha value is -1.45. The number of aliphatic hydroxyl groups excluding tert-OH is 1. The van der Waals surface area contributed by atoms with Gasteiger partial charge in [-0.15, -0.1) is 11.8 Å². The summed E-state index contributed by atoms with van der Waals surface area (Å²) in [5.41, 5.74) is 1.77. The fourth-order valence-corrected chi connectivity index (χ4v) is 3.00. The third kappa shape index (κ3) is 3.75. The summed E-state index contributed by atoms with van der Waals surface area (Å²) in [5.74, 6) is 0.342. The van der Waals surface area contributed by atoms with Gasteiger partial charge in [-0.25, -0.2) is 0 Å². The van der Waals surface area contributed by atoms with E-state index in [0.29, 0.717) is 12.2 Å². The van der Waals surface area contributed by atoms with Gasteiger partial charge in [0.2, 0.25) is 0 Å². The van der Waals surface area contributed by atoms with E-state index < -0.39 is 0 Å². The third-order valence-electron chi connectivity index (χ3n) is 3.02. The van der Waals surface area contributed by atoms with Gasteiger partial charge in [-0.1, -0.05) is 36.4 Å². The number of para-hydroxylation sites is 1. The van der Waals surface area contributed by atoms with Crippen molar-refractivity contribution >= 4 is 11.8 Å². The van der Waals surface area contributed by atoms with Crippen molar-refractivity contribution in [1.29, 1.82) is 0 Å². The quantitative estimate of drug-likeness (QED) is 0.821. The summed E-state index contributed by atoms with van der Waals surface area (Å²) in [6.45, 7) is 1.98. The molecular formula is C16H18O2S. The Balaban J connectivity index is 2.09. The first-order valence-electron chi connectivity index (χ1n) is 6.30. The minimum Gasteiger partial charge on any atom is -0.507 e. The molecule has 0 bridgehead atoms. The number of aromatic hydroxyl groups is 1. The highest BCUT2D eigenvalue weighted by Crippen LogP contribution is 2.29. The first-order chi connectivity index (χ1) is 9.20. The summed E-state index contributed by atoms with van der Waals surface area (Å²) in [5, 5.41) is 19.6. The number of hydrogen-bond donors (Lipinski definition) is 2. The van der Waals surface area contributed by atoms with Crippen LogP contribution in [0.3, 0.4) is 0 Å². The maximum atomic E-state index is 10.0. The summed E-state index contributed by atoms with van der Waals surface area (Å²) < 4.78 is 0. The normalized spacial score (nSPS) is 12.3. The highest BCUT2D eigenvalue weighted by atomic mass is 32.2. The molecule has 2 aromatic rings. The van der Waals surface area contributed by atoms with Crippen molar-refractivity contribution in [2.24, 2.45) is 0 Å². The lowest BCUT2D eigenvalue weighted by atomic mass is 10.1. The molecule has 0 aromatic heterocycles. The molecule has 19 heavy (non-hydrogen) atoms. The minimum atomic E-state index is 0.0510. The molecule has 100 valence electrons. The van der Waals surface area contributed by atoms with Gasteiger partial charge in [-0.05, 0) is 36.6 Å². The van der Waals surface area contributed by atoms with Crippen molar-refractivity contribution < 1.29 is 10.2 Å². The fourth-order valence-electron chi connectivity index (χ4n) is 1.96. The first-order valence-corrected chi connectivity index (χ1v) is 7.18. The molecule has 2 N–H and O–H groups in total. The SMILES string of the molecule is Cc1cccc(CC(CO)Sc2ccccc2)c1O. The lowest BCUT2D eigenvalue weighted by molar-refractivity contribution is 0.293. The summed E-state index contributed by atoms with van der Waals surface area (Å²) in [4.78, 5) is 1.13. The Morgan fingerprint density at radius 3 is 2.47 bits per heavy atom. The summed E-state index contributed by atoms with van der Waals surface area (Å²) in [6, 6.07) is 15.7. The molecule has 0 saturated heterocycles. The number of aliphatic hydroxyl groups is 1. The number of phenols is 1. The molecule has 0 aliphatic rings. The lowest BCUT2D eigenvalue weighted by Gasteiger charge is -2.15. The van der Waals surface area contributed by atoms with Gasteiger partial charge in [0.1, 0.15) is 5.75 Å². The van der Waals surface area contributed by atoms with Crippen molar-refractivity contribution in [1.82, 2.24) is 0 Å². The monoisotopic (exact) mass is 274 g/mol. The van der Waals surface area contributed by atoms with E-state index in [0.717, 1.165) is 16.0 Å². The Morgan fingerprint density at radius 2 is 1.79 bits per heavy atom. The van der Waals surface area contributed by atoms with Gasteiger partial charge in [-0.3, -0.25) is 0 Å². The molecule has 1 atom stereocenters. The molecule has 0 spiro atoms. The number of hydrogen-bond acceptors (Lipinski definition) is 3. The van der Waals surface area contributed by atoms with Gasteiger partial charge in [0, 0.05) is 10.1 Å². The maximum Gasteiger partial charge on any atom is 0.121 e. The van der Waals surface area contributed by atoms with E-state index in [2.05, 4.69) is 0 Å². The molecule has 2 rings (SSSR count). The smallest absolute Gasteiger partial charge is 0.121 e. The molecular weight excluding hydrogens is 256 g/mol. The van der Waals surface area contributed by atoms with E-state index in [-0.39, 0.29) is 11.9 Å². The van der Waals surface area contributed by atoms with Crippen LogP contribution in [0.25, 0.3) is 0 Å². The number of phenolic OH excluding ortho intramolecular Hbond substituents is 1. The highest BCUT2D eigenvalue weighted by Gasteiger charge is 2.13. The minimum absolute atomic E-state index is 0.0510.